The lowest BCUT2D eigenvalue weighted by atomic mass is 10.2. The first kappa shape index (κ1) is 11.1. The molecule has 1 aliphatic rings. The molecule has 0 radical (unpaired) electrons. The molecule has 0 saturated carbocycles. The number of hydrogen-bond donors (Lipinski definition) is 0. The van der Waals surface area contributed by atoms with Crippen LogP contribution in [0.25, 0.3) is 0 Å². The maximum atomic E-state index is 11.6. The average Bonchev–Trinajstić information content (AvgIpc) is 2.71. The third-order valence-corrected chi connectivity index (χ3v) is 2.68. The van der Waals surface area contributed by atoms with E-state index in [0.717, 1.165) is 31.6 Å². The molecule has 1 saturated heterocycles. The predicted molar refractivity (Wildman–Crippen MR) is 57.1 cm³/mol. The molecule has 2 heterocycles. The van der Waals surface area contributed by atoms with Crippen LogP contribution in [0.2, 0.25) is 0 Å². The van der Waals surface area contributed by atoms with Gasteiger partial charge in [0.25, 0.3) is 0 Å². The van der Waals surface area contributed by atoms with Crippen molar-refractivity contribution in [1.29, 1.82) is 0 Å². The highest BCUT2D eigenvalue weighted by molar-refractivity contribution is 5.87. The summed E-state index contributed by atoms with van der Waals surface area (Å²) in [6.07, 6.45) is 2.94. The van der Waals surface area contributed by atoms with Crippen molar-refractivity contribution in [3.8, 4) is 0 Å². The van der Waals surface area contributed by atoms with Crippen molar-refractivity contribution in [3.63, 3.8) is 0 Å². The van der Waals surface area contributed by atoms with Crippen LogP contribution in [0.15, 0.2) is 6.07 Å². The van der Waals surface area contributed by atoms with Gasteiger partial charge in [0.05, 0.1) is 12.8 Å². The molecule has 1 aromatic rings. The van der Waals surface area contributed by atoms with Crippen LogP contribution in [0.3, 0.4) is 0 Å². The third kappa shape index (κ3) is 2.09. The summed E-state index contributed by atoms with van der Waals surface area (Å²) in [4.78, 5) is 11.6. The van der Waals surface area contributed by atoms with Crippen molar-refractivity contribution in [3.05, 3.63) is 17.5 Å². The van der Waals surface area contributed by atoms with E-state index < -0.39 is 0 Å². The molecule has 1 atom stereocenters. The summed E-state index contributed by atoms with van der Waals surface area (Å²) in [5.41, 5.74) is 1.27. The van der Waals surface area contributed by atoms with Crippen molar-refractivity contribution < 1.29 is 14.3 Å². The van der Waals surface area contributed by atoms with Crippen molar-refractivity contribution in [2.75, 3.05) is 13.7 Å². The van der Waals surface area contributed by atoms with E-state index in [4.69, 9.17) is 9.47 Å². The second-order valence-corrected chi connectivity index (χ2v) is 3.93. The SMILES string of the molecule is COC(=O)c1cc(C)nn1C1CCCCO1. The minimum absolute atomic E-state index is 0.128. The Labute approximate surface area is 94.3 Å². The van der Waals surface area contributed by atoms with Crippen molar-refractivity contribution in [2.45, 2.75) is 32.4 Å². The highest BCUT2D eigenvalue weighted by Gasteiger charge is 2.23. The Balaban J connectivity index is 2.27. The zero-order chi connectivity index (χ0) is 11.5. The summed E-state index contributed by atoms with van der Waals surface area (Å²) in [6, 6.07) is 1.73. The van der Waals surface area contributed by atoms with Gasteiger partial charge in [-0.1, -0.05) is 0 Å². The van der Waals surface area contributed by atoms with Gasteiger partial charge >= 0.3 is 5.97 Å². The molecule has 0 amide bonds. The summed E-state index contributed by atoms with van der Waals surface area (Å²) in [5, 5.41) is 4.29. The number of methoxy groups -OCH3 is 1. The summed E-state index contributed by atoms with van der Waals surface area (Å²) in [7, 11) is 1.37. The van der Waals surface area contributed by atoms with E-state index >= 15 is 0 Å². The van der Waals surface area contributed by atoms with Gasteiger partial charge in [-0.25, -0.2) is 9.48 Å². The number of rotatable bonds is 2. The van der Waals surface area contributed by atoms with E-state index in [1.165, 1.54) is 7.11 Å². The van der Waals surface area contributed by atoms with Gasteiger partial charge in [0.15, 0.2) is 6.23 Å². The van der Waals surface area contributed by atoms with Crippen LogP contribution in [0, 0.1) is 6.92 Å². The molecule has 2 rings (SSSR count). The van der Waals surface area contributed by atoms with Gasteiger partial charge in [-0.3, -0.25) is 0 Å². The summed E-state index contributed by atoms with van der Waals surface area (Å²) in [6.45, 7) is 2.58. The van der Waals surface area contributed by atoms with E-state index in [1.54, 1.807) is 10.7 Å². The number of esters is 1. The van der Waals surface area contributed by atoms with E-state index in [1.807, 2.05) is 6.92 Å². The molecule has 16 heavy (non-hydrogen) atoms. The molecule has 0 bridgehead atoms. The van der Waals surface area contributed by atoms with Crippen LogP contribution in [0.1, 0.15) is 41.7 Å². The fourth-order valence-corrected chi connectivity index (χ4v) is 1.91. The van der Waals surface area contributed by atoms with Gasteiger partial charge in [0.1, 0.15) is 5.69 Å². The minimum atomic E-state index is -0.366. The zero-order valence-corrected chi connectivity index (χ0v) is 9.60. The lowest BCUT2D eigenvalue weighted by Gasteiger charge is -2.23. The van der Waals surface area contributed by atoms with Crippen LogP contribution >= 0.6 is 0 Å². The highest BCUT2D eigenvalue weighted by Crippen LogP contribution is 2.24. The molecule has 5 nitrogen and oxygen atoms in total. The largest absolute Gasteiger partial charge is 0.464 e. The lowest BCUT2D eigenvalue weighted by Crippen LogP contribution is -2.23. The van der Waals surface area contributed by atoms with Gasteiger partial charge in [-0.05, 0) is 32.3 Å². The Bertz CT molecular complexity index is 381. The Morgan fingerprint density at radius 3 is 3.06 bits per heavy atom. The fraction of sp³-hybridized carbons (Fsp3) is 0.636. The Morgan fingerprint density at radius 1 is 1.62 bits per heavy atom. The zero-order valence-electron chi connectivity index (χ0n) is 9.60. The monoisotopic (exact) mass is 224 g/mol. The normalized spacial score (nSPS) is 20.8. The number of aryl methyl sites for hydroxylation is 1. The standard InChI is InChI=1S/C11H16N2O3/c1-8-7-9(11(14)15-2)13(12-8)10-5-3-4-6-16-10/h7,10H,3-6H2,1-2H3. The molecule has 0 aromatic carbocycles. The van der Waals surface area contributed by atoms with Gasteiger partial charge in [0.2, 0.25) is 0 Å². The van der Waals surface area contributed by atoms with E-state index in [-0.39, 0.29) is 12.2 Å². The quantitative estimate of drug-likeness (QED) is 0.717. The molecule has 5 heteroatoms. The van der Waals surface area contributed by atoms with Gasteiger partial charge in [0, 0.05) is 6.61 Å². The first-order chi connectivity index (χ1) is 7.72. The second kappa shape index (κ2) is 4.65. The Morgan fingerprint density at radius 2 is 2.44 bits per heavy atom. The van der Waals surface area contributed by atoms with Gasteiger partial charge in [-0.15, -0.1) is 0 Å². The predicted octanol–water partition coefficient (Wildman–Crippen LogP) is 1.68. The van der Waals surface area contributed by atoms with E-state index in [9.17, 15) is 4.79 Å². The van der Waals surface area contributed by atoms with Gasteiger partial charge in [-0.2, -0.15) is 5.10 Å². The maximum Gasteiger partial charge on any atom is 0.356 e. The molecule has 0 N–H and O–H groups in total. The number of ether oxygens (including phenoxy) is 2. The summed E-state index contributed by atoms with van der Waals surface area (Å²) >= 11 is 0. The lowest BCUT2D eigenvalue weighted by molar-refractivity contribution is -0.0416. The molecule has 0 spiro atoms. The smallest absolute Gasteiger partial charge is 0.356 e. The second-order valence-electron chi connectivity index (χ2n) is 3.93. The van der Waals surface area contributed by atoms with Crippen molar-refractivity contribution >= 4 is 5.97 Å². The van der Waals surface area contributed by atoms with Crippen LogP contribution in [0.4, 0.5) is 0 Å². The molecule has 1 aliphatic heterocycles. The number of hydrogen-bond acceptors (Lipinski definition) is 4. The van der Waals surface area contributed by atoms with Crippen LogP contribution in [-0.4, -0.2) is 29.5 Å². The Kier molecular flexibility index (Phi) is 3.24. The van der Waals surface area contributed by atoms with Gasteiger partial charge < -0.3 is 9.47 Å². The summed E-state index contributed by atoms with van der Waals surface area (Å²) < 4.78 is 12.0. The average molecular weight is 224 g/mol. The molecule has 88 valence electrons. The van der Waals surface area contributed by atoms with Crippen LogP contribution < -0.4 is 0 Å². The molecule has 1 fully saturated rings. The topological polar surface area (TPSA) is 53.3 Å². The molecule has 0 aliphatic carbocycles. The van der Waals surface area contributed by atoms with Crippen LogP contribution in [0.5, 0.6) is 0 Å². The number of aromatic nitrogens is 2. The van der Waals surface area contributed by atoms with Crippen LogP contribution in [-0.2, 0) is 9.47 Å². The highest BCUT2D eigenvalue weighted by atomic mass is 16.5. The number of carbonyl (C=O) groups is 1. The number of carbonyl (C=O) groups excluding carboxylic acids is 1. The first-order valence-corrected chi connectivity index (χ1v) is 5.48. The van der Waals surface area contributed by atoms with Crippen molar-refractivity contribution in [2.24, 2.45) is 0 Å². The maximum absolute atomic E-state index is 11.6. The molecular formula is C11H16N2O3. The molecule has 1 aromatic heterocycles. The molecule has 1 unspecified atom stereocenters. The third-order valence-electron chi connectivity index (χ3n) is 2.68. The number of nitrogens with zero attached hydrogens (tertiary/aromatic N) is 2. The molecular weight excluding hydrogens is 208 g/mol. The minimum Gasteiger partial charge on any atom is -0.464 e. The first-order valence-electron chi connectivity index (χ1n) is 5.48. The van der Waals surface area contributed by atoms with E-state index in [0.29, 0.717) is 5.69 Å². The summed E-state index contributed by atoms with van der Waals surface area (Å²) in [5.74, 6) is -0.366. The fourth-order valence-electron chi connectivity index (χ4n) is 1.91. The Hall–Kier alpha value is -1.36. The van der Waals surface area contributed by atoms with E-state index in [2.05, 4.69) is 5.10 Å². The van der Waals surface area contributed by atoms with Crippen molar-refractivity contribution in [1.82, 2.24) is 9.78 Å².